The van der Waals surface area contributed by atoms with Crippen LogP contribution in [0.3, 0.4) is 0 Å². The Hall–Kier alpha value is -11.6. The first-order chi connectivity index (χ1) is 51.3. The second kappa shape index (κ2) is 43.9. The molecule has 2 aromatic carbocycles. The molecule has 0 radical (unpaired) electrons. The van der Waals surface area contributed by atoms with Gasteiger partial charge in [-0.15, -0.1) is 0 Å². The van der Waals surface area contributed by atoms with Gasteiger partial charge in [0.15, 0.2) is 0 Å². The maximum absolute atomic E-state index is 14.7. The number of likely N-dealkylation sites (tertiary alicyclic amines) is 2. The number of nitrogens with zero attached hydrogens (tertiary/aromatic N) is 2. The SMILES string of the molecule is CC(C)C[C@H](NC(=O)[C@H](CC(N)=O)NC(=O)[C@H](CCC(=O)O)NC(=O)CNC(=O)[C@@H]1CCCN1C(=O)[C@H](CCC(N)=O)NC(=O)[C@H](Cc1ccc(O)cc1)NC(=O)[C@H](CCC(N)=O)NC(=O)[C@@H]1CCCN1C(=O)[C@H](CCC(=O)O)NC(=O)[C@@H](NC(=O)[C@H](CO)NC(=O)[C@@H](N)C(C)Oc1ccccc1)[C@@H](C)O)C(=O)O. The van der Waals surface area contributed by atoms with Crippen molar-refractivity contribution in [3.63, 3.8) is 0 Å². The van der Waals surface area contributed by atoms with E-state index in [0.717, 1.165) is 16.7 Å². The number of aromatic hydroxyl groups is 1. The van der Waals surface area contributed by atoms with E-state index in [1.165, 1.54) is 31.2 Å². The zero-order chi connectivity index (χ0) is 81.5. The Labute approximate surface area is 624 Å². The number of hydrogen-bond acceptors (Lipinski definition) is 23. The molecular formula is C68H98N16O25. The van der Waals surface area contributed by atoms with Gasteiger partial charge in [0.2, 0.25) is 88.6 Å². The minimum atomic E-state index is -1.94. The van der Waals surface area contributed by atoms with E-state index in [4.69, 9.17) is 27.7 Å². The van der Waals surface area contributed by atoms with Gasteiger partial charge in [-0.25, -0.2) is 4.79 Å². The Morgan fingerprint density at radius 3 is 1.46 bits per heavy atom. The van der Waals surface area contributed by atoms with Gasteiger partial charge in [0.05, 0.1) is 25.7 Å². The number of aliphatic carboxylic acids is 3. The summed E-state index contributed by atoms with van der Waals surface area (Å²) in [5.74, 6) is -20.8. The van der Waals surface area contributed by atoms with Crippen LogP contribution >= 0.6 is 0 Å². The molecule has 0 bridgehead atoms. The van der Waals surface area contributed by atoms with E-state index < -0.39 is 269 Å². The number of phenols is 1. The third-order valence-corrected chi connectivity index (χ3v) is 17.4. The minimum absolute atomic E-state index is 0.0534. The van der Waals surface area contributed by atoms with Gasteiger partial charge >= 0.3 is 17.9 Å². The second-order valence-electron chi connectivity index (χ2n) is 26.6. The Bertz CT molecular complexity index is 3610. The van der Waals surface area contributed by atoms with Gasteiger partial charge in [0.1, 0.15) is 90.1 Å². The zero-order valence-corrected chi connectivity index (χ0v) is 60.4. The van der Waals surface area contributed by atoms with E-state index in [9.17, 15) is 117 Å². The number of ether oxygens (including phenoxy) is 1. The molecule has 41 nitrogen and oxygen atoms in total. The molecule has 0 aromatic heterocycles. The summed E-state index contributed by atoms with van der Waals surface area (Å²) in [6, 6.07) is -6.64. The van der Waals surface area contributed by atoms with Gasteiger partial charge < -0.3 is 121 Å². The van der Waals surface area contributed by atoms with Crippen molar-refractivity contribution in [2.24, 2.45) is 28.9 Å². The van der Waals surface area contributed by atoms with Crippen LogP contribution in [-0.2, 0) is 92.7 Å². The van der Waals surface area contributed by atoms with Crippen LogP contribution in [0.25, 0.3) is 0 Å². The van der Waals surface area contributed by atoms with E-state index in [-0.39, 0.29) is 62.4 Å². The first-order valence-electron chi connectivity index (χ1n) is 35.0. The number of hydrogen-bond donors (Lipinski definition) is 20. The van der Waals surface area contributed by atoms with E-state index in [2.05, 4.69) is 53.2 Å². The number of aliphatic hydroxyl groups is 2. The zero-order valence-electron chi connectivity index (χ0n) is 60.4. The average Bonchev–Trinajstić information content (AvgIpc) is 1.75. The lowest BCUT2D eigenvalue weighted by Gasteiger charge is -2.31. The molecule has 2 aliphatic heterocycles. The summed E-state index contributed by atoms with van der Waals surface area (Å²) in [5, 5.41) is 82.9. The number of phenolic OH excluding ortho intramolecular Hbond substituents is 1. The maximum Gasteiger partial charge on any atom is 0.326 e. The molecule has 4 rings (SSSR count). The van der Waals surface area contributed by atoms with Crippen molar-refractivity contribution in [2.75, 3.05) is 26.2 Å². The first-order valence-corrected chi connectivity index (χ1v) is 35.0. The van der Waals surface area contributed by atoms with Crippen LogP contribution in [0, 0.1) is 5.92 Å². The molecule has 15 amide bonds. The number of carbonyl (C=O) groups excluding carboxylic acids is 15. The quantitative estimate of drug-likeness (QED) is 0.0293. The molecule has 0 saturated carbocycles. The van der Waals surface area contributed by atoms with Crippen molar-refractivity contribution in [2.45, 2.75) is 209 Å². The molecule has 24 N–H and O–H groups in total. The van der Waals surface area contributed by atoms with Crippen molar-refractivity contribution in [1.82, 2.24) is 63.0 Å². The number of nitrogens with one attached hydrogen (secondary N) is 10. The van der Waals surface area contributed by atoms with Gasteiger partial charge in [0.25, 0.3) is 0 Å². The number of nitrogens with two attached hydrogens (primary N) is 4. The Morgan fingerprint density at radius 1 is 0.505 bits per heavy atom. The van der Waals surface area contributed by atoms with Crippen LogP contribution in [-0.4, -0.2) is 258 Å². The molecule has 0 aliphatic carbocycles. The van der Waals surface area contributed by atoms with Crippen LogP contribution in [0.15, 0.2) is 54.6 Å². The van der Waals surface area contributed by atoms with Gasteiger partial charge in [-0.2, -0.15) is 0 Å². The molecule has 2 aliphatic rings. The second-order valence-corrected chi connectivity index (χ2v) is 26.6. The highest BCUT2D eigenvalue weighted by Gasteiger charge is 2.43. The van der Waals surface area contributed by atoms with Crippen LogP contribution < -0.4 is 80.8 Å². The number of primary amides is 3. The summed E-state index contributed by atoms with van der Waals surface area (Å²) in [6.07, 6.45) is -9.01. The van der Waals surface area contributed by atoms with Crippen molar-refractivity contribution >= 4 is 107 Å². The summed E-state index contributed by atoms with van der Waals surface area (Å²) < 4.78 is 5.68. The number of benzene rings is 2. The van der Waals surface area contributed by atoms with Gasteiger partial charge in [-0.05, 0) is 107 Å². The van der Waals surface area contributed by atoms with Crippen molar-refractivity contribution in [1.29, 1.82) is 0 Å². The number of rotatable bonds is 46. The molecule has 2 heterocycles. The van der Waals surface area contributed by atoms with E-state index in [1.54, 1.807) is 44.2 Å². The third kappa shape index (κ3) is 29.9. The molecule has 2 fully saturated rings. The van der Waals surface area contributed by atoms with Crippen molar-refractivity contribution in [3.8, 4) is 11.5 Å². The molecule has 41 heteroatoms. The smallest absolute Gasteiger partial charge is 0.326 e. The number of carboxylic acid groups (broad SMARTS) is 3. The maximum atomic E-state index is 14.7. The summed E-state index contributed by atoms with van der Waals surface area (Å²) in [4.78, 5) is 242. The molecule has 600 valence electrons. The highest BCUT2D eigenvalue weighted by molar-refractivity contribution is 6.01. The Morgan fingerprint density at radius 2 is 0.954 bits per heavy atom. The molecular weight excluding hydrogens is 1440 g/mol. The number of carboxylic acids is 3. The monoisotopic (exact) mass is 1540 g/mol. The molecule has 1 unspecified atom stereocenters. The molecule has 109 heavy (non-hydrogen) atoms. The predicted octanol–water partition coefficient (Wildman–Crippen LogP) is -7.17. The number of amides is 15. The first kappa shape index (κ1) is 89.8. The lowest BCUT2D eigenvalue weighted by molar-refractivity contribution is -0.144. The standard InChI is InChI=1S/C68H98N16O25/c1-33(2)28-45(68(107)108)80-60(99)44(30-51(71)90)79-57(96)39(20-24-53(92)93)74-52(91)31-73-62(101)47-12-8-26-83(47)66(105)41(19-23-50(70)89)76-59(98)43(29-36-14-16-37(87)17-15-36)78-58(97)40(18-22-49(69)88)75-63(102)48-13-9-27-84(48)67(106)42(21-25-54(94)95)77-65(104)56(34(3)86)82-61(100)46(32-85)81-64(103)55(72)35(4)109-38-10-6-5-7-11-38/h5-7,10-11,14-17,33-35,39-48,55-56,85-87H,8-9,12-13,18-32,72H2,1-4H3,(H2,69,88)(H2,70,89)(H2,71,90)(H,73,101)(H,74,91)(H,75,102)(H,76,98)(H,77,104)(H,78,97)(H,79,96)(H,80,99)(H,81,103)(H,82,100)(H,92,93)(H,94,95)(H,107,108)/t34-,35?,39+,40+,41+,42+,43+,44+,45+,46+,47+,48+,55+,56+/m1/s1. The van der Waals surface area contributed by atoms with E-state index >= 15 is 0 Å². The Kier molecular flexibility index (Phi) is 36.1. The highest BCUT2D eigenvalue weighted by Crippen LogP contribution is 2.23. The lowest BCUT2D eigenvalue weighted by Crippen LogP contribution is -2.62. The normalized spacial score (nSPS) is 17.2. The molecule has 2 aromatic rings. The van der Waals surface area contributed by atoms with Crippen LogP contribution in [0.4, 0.5) is 0 Å². The molecule has 0 spiro atoms. The van der Waals surface area contributed by atoms with E-state index in [1.807, 2.05) is 0 Å². The molecule has 14 atom stereocenters. The molecule has 2 saturated heterocycles. The fourth-order valence-electron chi connectivity index (χ4n) is 11.6. The number of para-hydroxylation sites is 1. The minimum Gasteiger partial charge on any atom is -0.508 e. The van der Waals surface area contributed by atoms with Crippen molar-refractivity contribution < 1.29 is 122 Å². The fourth-order valence-corrected chi connectivity index (χ4v) is 11.6. The average molecular weight is 1540 g/mol. The third-order valence-electron chi connectivity index (χ3n) is 17.4. The van der Waals surface area contributed by atoms with Crippen molar-refractivity contribution in [3.05, 3.63) is 60.2 Å². The van der Waals surface area contributed by atoms with Crippen LogP contribution in [0.5, 0.6) is 11.5 Å². The summed E-state index contributed by atoms with van der Waals surface area (Å²) >= 11 is 0. The predicted molar refractivity (Wildman–Crippen MR) is 376 cm³/mol. The van der Waals surface area contributed by atoms with E-state index in [0.29, 0.717) is 5.75 Å². The van der Waals surface area contributed by atoms with Gasteiger partial charge in [-0.1, -0.05) is 44.2 Å². The number of aliphatic hydroxyl groups excluding tert-OH is 2. The number of carbonyl (C=O) groups is 18. The topological polar surface area (TPSA) is 669 Å². The van der Waals surface area contributed by atoms with Gasteiger partial charge in [0, 0.05) is 45.2 Å². The summed E-state index contributed by atoms with van der Waals surface area (Å²) in [5.41, 5.74) is 22.6. The largest absolute Gasteiger partial charge is 0.508 e. The van der Waals surface area contributed by atoms with Crippen LogP contribution in [0.2, 0.25) is 0 Å². The Balaban J connectivity index is 1.55. The fraction of sp³-hybridized carbons (Fsp3) is 0.559. The lowest BCUT2D eigenvalue weighted by atomic mass is 10.0. The van der Waals surface area contributed by atoms with Gasteiger partial charge in [-0.3, -0.25) is 81.5 Å². The van der Waals surface area contributed by atoms with Crippen LogP contribution in [0.1, 0.15) is 123 Å². The summed E-state index contributed by atoms with van der Waals surface area (Å²) in [7, 11) is 0. The highest BCUT2D eigenvalue weighted by atomic mass is 16.5. The summed E-state index contributed by atoms with van der Waals surface area (Å²) in [6.45, 7) is 3.52.